The predicted molar refractivity (Wildman–Crippen MR) is 161 cm³/mol. The van der Waals surface area contributed by atoms with Crippen LogP contribution in [0.4, 0.5) is 0 Å². The van der Waals surface area contributed by atoms with Crippen LogP contribution in [0.3, 0.4) is 0 Å². The Kier molecular flexibility index (Phi) is 21.6. The first-order valence-electron chi connectivity index (χ1n) is 15.1. The van der Waals surface area contributed by atoms with E-state index in [-0.39, 0.29) is 0 Å². The van der Waals surface area contributed by atoms with Crippen molar-refractivity contribution in [1.82, 2.24) is 0 Å². The van der Waals surface area contributed by atoms with Crippen LogP contribution in [-0.2, 0) is 0 Å². The second kappa shape index (κ2) is 21.4. The third-order valence-electron chi connectivity index (χ3n) is 7.39. The molecule has 0 radical (unpaired) electrons. The fraction of sp³-hybridized carbons (Fsp3) is 1.00. The quantitative estimate of drug-likeness (QED) is 0.0727. The van der Waals surface area contributed by atoms with Crippen molar-refractivity contribution in [3.8, 4) is 0 Å². The summed E-state index contributed by atoms with van der Waals surface area (Å²) in [5, 5.41) is 0. The second-order valence-electron chi connectivity index (χ2n) is 10.7. The third kappa shape index (κ3) is 14.8. The Bertz CT molecular complexity index is 342. The summed E-state index contributed by atoms with van der Waals surface area (Å²) < 4.78 is 6.97. The molecule has 1 fully saturated rings. The van der Waals surface area contributed by atoms with Crippen LogP contribution in [0.2, 0.25) is 17.7 Å². The van der Waals surface area contributed by atoms with Gasteiger partial charge in [0.05, 0.1) is 0 Å². The van der Waals surface area contributed by atoms with E-state index in [0.29, 0.717) is 0 Å². The standard InChI is InChI=1S/4C7H15.2S.2Sn/c4*1-3-5-7-6-4-2;;;;/h4*1,3-7H2,2H3;;;;. The topological polar surface area (TPSA) is 0 Å². The molecule has 0 amide bonds. The van der Waals surface area contributed by atoms with E-state index in [9.17, 15) is 0 Å². The Hall–Kier alpha value is 2.30. The normalized spacial score (nSPS) is 16.9. The summed E-state index contributed by atoms with van der Waals surface area (Å²) in [6.45, 7) is 9.44. The molecule has 4 heteroatoms. The first kappa shape index (κ1) is 32.3. The first-order chi connectivity index (χ1) is 15.7. The molecule has 0 aliphatic carbocycles. The van der Waals surface area contributed by atoms with Crippen molar-refractivity contribution in [1.29, 1.82) is 0 Å². The zero-order valence-corrected chi connectivity index (χ0v) is 30.1. The minimum atomic E-state index is -1.89. The van der Waals surface area contributed by atoms with Crippen molar-refractivity contribution in [2.75, 3.05) is 0 Å². The van der Waals surface area contributed by atoms with Gasteiger partial charge in [0.15, 0.2) is 0 Å². The van der Waals surface area contributed by atoms with Gasteiger partial charge in [0.25, 0.3) is 0 Å². The fourth-order valence-electron chi connectivity index (χ4n) is 5.34. The molecule has 0 nitrogen and oxygen atoms in total. The van der Waals surface area contributed by atoms with Crippen LogP contribution in [-0.4, -0.2) is 31.2 Å². The van der Waals surface area contributed by atoms with Crippen LogP contribution in [0, 0.1) is 0 Å². The zero-order valence-electron chi connectivity index (χ0n) is 22.8. The van der Waals surface area contributed by atoms with E-state index in [2.05, 4.69) is 40.0 Å². The van der Waals surface area contributed by atoms with Crippen LogP contribution in [0.5, 0.6) is 0 Å². The molecule has 1 aliphatic rings. The van der Waals surface area contributed by atoms with Crippen molar-refractivity contribution in [3.05, 3.63) is 0 Å². The Morgan fingerprint density at radius 3 is 0.750 bits per heavy atom. The molecule has 1 saturated heterocycles. The molecule has 0 N–H and O–H groups in total. The molecule has 0 aromatic heterocycles. The summed E-state index contributed by atoms with van der Waals surface area (Å²) in [5.74, 6) is 0. The Morgan fingerprint density at radius 1 is 0.312 bits per heavy atom. The maximum absolute atomic E-state index is 2.91. The molecule has 1 rings (SSSR count). The van der Waals surface area contributed by atoms with Gasteiger partial charge in [-0.05, 0) is 0 Å². The van der Waals surface area contributed by atoms with E-state index in [1.54, 1.807) is 69.1 Å². The fourth-order valence-corrected chi connectivity index (χ4v) is 245. The molecule has 1 aliphatic heterocycles. The van der Waals surface area contributed by atoms with Crippen molar-refractivity contribution < 1.29 is 0 Å². The van der Waals surface area contributed by atoms with E-state index >= 15 is 0 Å². The van der Waals surface area contributed by atoms with Crippen molar-refractivity contribution in [3.63, 3.8) is 0 Å². The van der Waals surface area contributed by atoms with E-state index in [1.165, 1.54) is 77.0 Å². The molecule has 0 spiro atoms. The van der Waals surface area contributed by atoms with Crippen LogP contribution < -0.4 is 0 Å². The van der Waals surface area contributed by atoms with Gasteiger partial charge in [-0.2, -0.15) is 0 Å². The predicted octanol–water partition coefficient (Wildman–Crippen LogP) is 12.2. The molecule has 0 unspecified atom stereocenters. The van der Waals surface area contributed by atoms with Crippen LogP contribution in [0.25, 0.3) is 0 Å². The summed E-state index contributed by atoms with van der Waals surface area (Å²) in [5.41, 5.74) is 0. The molecular weight excluding hydrogens is 638 g/mol. The second-order valence-corrected chi connectivity index (χ2v) is 78.6. The molecular formula is C28H60S2Sn2. The number of unbranched alkanes of at least 4 members (excludes halogenated alkanes) is 16. The van der Waals surface area contributed by atoms with Gasteiger partial charge in [0, 0.05) is 0 Å². The van der Waals surface area contributed by atoms with E-state index in [4.69, 9.17) is 0 Å². The average Bonchev–Trinajstić information content (AvgIpc) is 2.77. The molecule has 0 aromatic carbocycles. The Morgan fingerprint density at radius 2 is 0.531 bits per heavy atom. The summed E-state index contributed by atoms with van der Waals surface area (Å²) in [4.78, 5) is 0. The Labute approximate surface area is 215 Å². The van der Waals surface area contributed by atoms with Gasteiger partial charge in [-0.1, -0.05) is 0 Å². The first-order valence-corrected chi connectivity index (χ1v) is 38.7. The molecule has 0 atom stereocenters. The number of hydrogen-bond acceptors (Lipinski definition) is 2. The minimum absolute atomic E-state index is 1.39. The van der Waals surface area contributed by atoms with Gasteiger partial charge in [0.2, 0.25) is 0 Å². The van der Waals surface area contributed by atoms with Gasteiger partial charge in [-0.25, -0.2) is 0 Å². The number of hydrogen-bond donors (Lipinski definition) is 0. The van der Waals surface area contributed by atoms with Crippen molar-refractivity contribution in [2.24, 2.45) is 0 Å². The number of rotatable bonds is 24. The molecule has 0 saturated carbocycles. The van der Waals surface area contributed by atoms with Crippen LogP contribution in [0.1, 0.15) is 156 Å². The van der Waals surface area contributed by atoms with Crippen LogP contribution in [0.15, 0.2) is 0 Å². The van der Waals surface area contributed by atoms with Gasteiger partial charge in [-0.3, -0.25) is 0 Å². The van der Waals surface area contributed by atoms with E-state index < -0.39 is 31.2 Å². The molecule has 32 heavy (non-hydrogen) atoms. The van der Waals surface area contributed by atoms with E-state index in [0.717, 1.165) is 0 Å². The zero-order chi connectivity index (χ0) is 23.4. The monoisotopic (exact) mass is 700 g/mol. The third-order valence-corrected chi connectivity index (χ3v) is 176. The van der Waals surface area contributed by atoms with Gasteiger partial charge >= 0.3 is 217 Å². The van der Waals surface area contributed by atoms with Crippen LogP contribution >= 0.6 is 12.3 Å². The van der Waals surface area contributed by atoms with Crippen molar-refractivity contribution in [2.45, 2.75) is 174 Å². The summed E-state index contributed by atoms with van der Waals surface area (Å²) >= 11 is -3.78. The summed E-state index contributed by atoms with van der Waals surface area (Å²) in [7, 11) is 0. The SMILES string of the molecule is CCCCCC[CH2][Sn]1([CH2]CCCCCC)[S][Sn]([CH2]CCCCCC)([CH2]CCCCCC)[S]1. The maximum atomic E-state index is 2.91. The summed E-state index contributed by atoms with van der Waals surface area (Å²) in [6.07, 6.45) is 35.9. The van der Waals surface area contributed by atoms with Gasteiger partial charge in [0.1, 0.15) is 0 Å². The Balaban J connectivity index is 2.59. The molecule has 0 bridgehead atoms. The van der Waals surface area contributed by atoms with Gasteiger partial charge in [-0.15, -0.1) is 0 Å². The average molecular weight is 698 g/mol. The van der Waals surface area contributed by atoms with E-state index in [1.807, 2.05) is 0 Å². The summed E-state index contributed by atoms with van der Waals surface area (Å²) in [6, 6.07) is 0. The molecule has 0 aromatic rings. The molecule has 1 heterocycles. The van der Waals surface area contributed by atoms with Crippen molar-refractivity contribution >= 4 is 43.5 Å². The molecule has 192 valence electrons. The van der Waals surface area contributed by atoms with Gasteiger partial charge < -0.3 is 0 Å².